The molecule has 0 aliphatic carbocycles. The Morgan fingerprint density at radius 2 is 1.78 bits per heavy atom. The van der Waals surface area contributed by atoms with Crippen LogP contribution in [0.25, 0.3) is 5.69 Å². The fourth-order valence-electron chi connectivity index (χ4n) is 2.12. The predicted molar refractivity (Wildman–Crippen MR) is 99.7 cm³/mol. The van der Waals surface area contributed by atoms with Crippen molar-refractivity contribution in [2.24, 2.45) is 5.10 Å². The Balaban J connectivity index is 2.03. The zero-order valence-electron chi connectivity index (χ0n) is 14.3. The lowest BCUT2D eigenvalue weighted by Gasteiger charge is -2.03. The number of ether oxygens (including phenoxy) is 1. The molecule has 0 saturated heterocycles. The molecule has 1 N–H and O–H groups in total. The highest BCUT2D eigenvalue weighted by Gasteiger charge is 2.17. The quantitative estimate of drug-likeness (QED) is 0.499. The third kappa shape index (κ3) is 4.41. The van der Waals surface area contributed by atoms with E-state index in [1.54, 1.807) is 49.4 Å². The zero-order chi connectivity index (χ0) is 19.3. The van der Waals surface area contributed by atoms with Gasteiger partial charge in [0.15, 0.2) is 0 Å². The first-order chi connectivity index (χ1) is 13.0. The Kier molecular flexibility index (Phi) is 5.67. The molecule has 0 aliphatic rings. The molecule has 0 bridgehead atoms. The summed E-state index contributed by atoms with van der Waals surface area (Å²) in [5.74, 6) is -0.598. The zero-order valence-corrected chi connectivity index (χ0v) is 15.9. The van der Waals surface area contributed by atoms with Crippen molar-refractivity contribution in [2.45, 2.75) is 11.8 Å². The Labute approximate surface area is 159 Å². The highest BCUT2D eigenvalue weighted by atomic mass is 32.2. The number of carbonyl (C=O) groups is 1. The summed E-state index contributed by atoms with van der Waals surface area (Å²) in [5.41, 5.74) is 0.627. The van der Waals surface area contributed by atoms with Crippen molar-refractivity contribution in [1.82, 2.24) is 14.6 Å². The SMILES string of the molecule is CCOC(=O)c1nn(-c2ccccc2)/c(=N\NS(=O)(=O)c2ccccc2)s1. The molecule has 0 saturated carbocycles. The Morgan fingerprint density at radius 1 is 1.15 bits per heavy atom. The van der Waals surface area contributed by atoms with E-state index in [2.05, 4.69) is 15.0 Å². The molecular weight excluding hydrogens is 388 g/mol. The molecule has 1 aromatic heterocycles. The van der Waals surface area contributed by atoms with Crippen LogP contribution in [0.1, 0.15) is 16.7 Å². The molecule has 0 fully saturated rings. The molecular formula is C17H16N4O4S2. The number of para-hydroxylation sites is 1. The first-order valence-corrected chi connectivity index (χ1v) is 10.2. The van der Waals surface area contributed by atoms with Gasteiger partial charge >= 0.3 is 5.97 Å². The average Bonchev–Trinajstić information content (AvgIpc) is 3.13. The lowest BCUT2D eigenvalue weighted by Crippen LogP contribution is -2.24. The molecule has 0 spiro atoms. The second kappa shape index (κ2) is 8.14. The summed E-state index contributed by atoms with van der Waals surface area (Å²) in [4.78, 5) is 14.4. The number of sulfonamides is 1. The lowest BCUT2D eigenvalue weighted by atomic mass is 10.3. The van der Waals surface area contributed by atoms with Crippen LogP contribution in [0.5, 0.6) is 0 Å². The number of hydrogen-bond acceptors (Lipinski definition) is 7. The van der Waals surface area contributed by atoms with Crippen molar-refractivity contribution in [3.05, 3.63) is 70.5 Å². The number of nitrogens with zero attached hydrogens (tertiary/aromatic N) is 3. The standard InChI is InChI=1S/C17H16N4O4S2/c1-2-25-16(22)15-19-21(13-9-5-3-6-10-13)17(26-15)18-20-27(23,24)14-11-7-4-8-12-14/h3-12,20H,2H2,1H3/b18-17+. The minimum Gasteiger partial charge on any atom is -0.461 e. The maximum atomic E-state index is 12.4. The third-order valence-electron chi connectivity index (χ3n) is 3.33. The van der Waals surface area contributed by atoms with Gasteiger partial charge < -0.3 is 4.74 Å². The normalized spacial score (nSPS) is 12.0. The smallest absolute Gasteiger partial charge is 0.369 e. The van der Waals surface area contributed by atoms with Crippen LogP contribution in [0.15, 0.2) is 70.7 Å². The molecule has 0 radical (unpaired) electrons. The van der Waals surface area contributed by atoms with Gasteiger partial charge in [0, 0.05) is 0 Å². The molecule has 0 atom stereocenters. The van der Waals surface area contributed by atoms with Crippen LogP contribution in [0, 0.1) is 0 Å². The largest absolute Gasteiger partial charge is 0.461 e. The van der Waals surface area contributed by atoms with E-state index in [1.807, 2.05) is 6.07 Å². The van der Waals surface area contributed by atoms with E-state index in [0.717, 1.165) is 11.3 Å². The number of esters is 1. The Morgan fingerprint density at radius 3 is 2.41 bits per heavy atom. The number of carbonyl (C=O) groups excluding carboxylic acids is 1. The maximum absolute atomic E-state index is 12.4. The van der Waals surface area contributed by atoms with E-state index >= 15 is 0 Å². The van der Waals surface area contributed by atoms with E-state index in [4.69, 9.17) is 4.74 Å². The van der Waals surface area contributed by atoms with E-state index < -0.39 is 16.0 Å². The topological polar surface area (TPSA) is 103 Å². The van der Waals surface area contributed by atoms with Crippen LogP contribution >= 0.6 is 11.3 Å². The van der Waals surface area contributed by atoms with Crippen LogP contribution in [0.2, 0.25) is 0 Å². The highest BCUT2D eigenvalue weighted by molar-refractivity contribution is 7.89. The van der Waals surface area contributed by atoms with Gasteiger partial charge in [-0.1, -0.05) is 47.7 Å². The van der Waals surface area contributed by atoms with E-state index in [0.29, 0.717) is 5.69 Å². The average molecular weight is 404 g/mol. The minimum absolute atomic E-state index is 0.0679. The Bertz CT molecular complexity index is 1090. The highest BCUT2D eigenvalue weighted by Crippen LogP contribution is 2.09. The van der Waals surface area contributed by atoms with Crippen LogP contribution < -0.4 is 9.63 Å². The van der Waals surface area contributed by atoms with E-state index in [-0.39, 0.29) is 21.3 Å². The monoisotopic (exact) mass is 404 g/mol. The van der Waals surface area contributed by atoms with Crippen LogP contribution in [-0.2, 0) is 14.8 Å². The molecule has 140 valence electrons. The molecule has 0 aliphatic heterocycles. The summed E-state index contributed by atoms with van der Waals surface area (Å²) < 4.78 is 31.1. The number of aromatic nitrogens is 2. The van der Waals surface area contributed by atoms with Gasteiger partial charge in [-0.2, -0.15) is 13.2 Å². The van der Waals surface area contributed by atoms with Gasteiger partial charge in [-0.3, -0.25) is 0 Å². The second-order valence-corrected chi connectivity index (χ2v) is 7.79. The van der Waals surface area contributed by atoms with Crippen molar-refractivity contribution in [3.8, 4) is 5.69 Å². The predicted octanol–water partition coefficient (Wildman–Crippen LogP) is 1.90. The van der Waals surface area contributed by atoms with E-state index in [9.17, 15) is 13.2 Å². The van der Waals surface area contributed by atoms with Crippen LogP contribution in [0.3, 0.4) is 0 Å². The van der Waals surface area contributed by atoms with Crippen molar-refractivity contribution in [3.63, 3.8) is 0 Å². The van der Waals surface area contributed by atoms with Crippen molar-refractivity contribution >= 4 is 27.3 Å². The molecule has 2 aromatic carbocycles. The lowest BCUT2D eigenvalue weighted by molar-refractivity contribution is 0.0524. The van der Waals surface area contributed by atoms with Crippen LogP contribution in [0.4, 0.5) is 0 Å². The molecule has 27 heavy (non-hydrogen) atoms. The van der Waals surface area contributed by atoms with E-state index in [1.165, 1.54) is 16.8 Å². The number of benzene rings is 2. The summed E-state index contributed by atoms with van der Waals surface area (Å²) in [6, 6.07) is 16.8. The van der Waals surface area contributed by atoms with Crippen LogP contribution in [-0.4, -0.2) is 30.8 Å². The van der Waals surface area contributed by atoms with Gasteiger partial charge in [0.25, 0.3) is 10.0 Å². The Hall–Kier alpha value is -2.98. The summed E-state index contributed by atoms with van der Waals surface area (Å²) >= 11 is 0.922. The minimum atomic E-state index is -3.85. The number of hydrogen-bond donors (Lipinski definition) is 1. The van der Waals surface area contributed by atoms with Gasteiger partial charge in [-0.25, -0.2) is 9.48 Å². The van der Waals surface area contributed by atoms with Crippen molar-refractivity contribution < 1.29 is 17.9 Å². The molecule has 3 aromatic rings. The first kappa shape index (κ1) is 18.8. The van der Waals surface area contributed by atoms with Gasteiger partial charge in [0.05, 0.1) is 17.2 Å². The van der Waals surface area contributed by atoms with Gasteiger partial charge in [0.1, 0.15) is 0 Å². The molecule has 8 nitrogen and oxygen atoms in total. The van der Waals surface area contributed by atoms with Gasteiger partial charge in [-0.05, 0) is 31.2 Å². The number of rotatable bonds is 6. The molecule has 0 amide bonds. The number of nitrogens with one attached hydrogen (secondary N) is 1. The molecule has 1 heterocycles. The third-order valence-corrected chi connectivity index (χ3v) is 5.44. The summed E-state index contributed by atoms with van der Waals surface area (Å²) in [5, 5.41) is 8.24. The molecule has 0 unspecified atom stereocenters. The maximum Gasteiger partial charge on any atom is 0.369 e. The first-order valence-electron chi connectivity index (χ1n) is 7.94. The van der Waals surface area contributed by atoms with Crippen molar-refractivity contribution in [2.75, 3.05) is 6.61 Å². The molecule has 3 rings (SSSR count). The van der Waals surface area contributed by atoms with Crippen molar-refractivity contribution in [1.29, 1.82) is 0 Å². The summed E-state index contributed by atoms with van der Waals surface area (Å²) in [6.45, 7) is 1.90. The second-order valence-electron chi connectivity index (χ2n) is 5.18. The summed E-state index contributed by atoms with van der Waals surface area (Å²) in [6.07, 6.45) is 0. The van der Waals surface area contributed by atoms with Gasteiger partial charge in [0.2, 0.25) is 9.81 Å². The van der Waals surface area contributed by atoms with Gasteiger partial charge in [-0.15, -0.1) is 10.2 Å². The fraction of sp³-hybridized carbons (Fsp3) is 0.118. The molecule has 10 heteroatoms. The fourth-order valence-corrected chi connectivity index (χ4v) is 3.77. The summed E-state index contributed by atoms with van der Waals surface area (Å²) in [7, 11) is -3.85.